The highest BCUT2D eigenvalue weighted by Crippen LogP contribution is 2.14. The Hall–Kier alpha value is -2.15. The van der Waals surface area contributed by atoms with Crippen LogP contribution in [-0.2, 0) is 9.59 Å². The summed E-state index contributed by atoms with van der Waals surface area (Å²) in [4.78, 5) is 23.4. The highest BCUT2D eigenvalue weighted by molar-refractivity contribution is 5.85. The van der Waals surface area contributed by atoms with Gasteiger partial charge < -0.3 is 20.5 Å². The zero-order valence-corrected chi connectivity index (χ0v) is 11.1. The minimum atomic E-state index is -1.14. The molecule has 0 aliphatic carbocycles. The molecule has 20 heavy (non-hydrogen) atoms. The molecule has 1 aromatic carbocycles. The number of hydrogen-bond donors (Lipinski definition) is 2. The zero-order chi connectivity index (χ0) is 15.1. The molecule has 1 unspecified atom stereocenters. The molecule has 0 aliphatic rings. The Labute approximate surface area is 115 Å². The number of ether oxygens (including phenoxy) is 1. The standard InChI is InChI=1S/C13H17FN2O4/c1-16(13(19)10(15)8-12(17)18)6-7-20-11-5-3-2-4-9(11)14/h2-5,10H,6-8,15H2,1H3,(H,17,18). The van der Waals surface area contributed by atoms with Crippen molar-refractivity contribution in [2.75, 3.05) is 20.2 Å². The largest absolute Gasteiger partial charge is 0.489 e. The van der Waals surface area contributed by atoms with Crippen LogP contribution in [0.15, 0.2) is 24.3 Å². The fourth-order valence-electron chi connectivity index (χ4n) is 1.52. The SMILES string of the molecule is CN(CCOc1ccccc1F)C(=O)C(N)CC(=O)O. The van der Waals surface area contributed by atoms with E-state index in [1.807, 2.05) is 0 Å². The van der Waals surface area contributed by atoms with E-state index in [1.54, 1.807) is 12.1 Å². The summed E-state index contributed by atoms with van der Waals surface area (Å²) in [5, 5.41) is 8.55. The van der Waals surface area contributed by atoms with Crippen LogP contribution in [0.1, 0.15) is 6.42 Å². The number of nitrogens with two attached hydrogens (primary N) is 1. The number of halogens is 1. The molecule has 1 amide bonds. The predicted molar refractivity (Wildman–Crippen MR) is 69.8 cm³/mol. The molecule has 110 valence electrons. The van der Waals surface area contributed by atoms with E-state index in [0.29, 0.717) is 0 Å². The van der Waals surface area contributed by atoms with Crippen LogP contribution < -0.4 is 10.5 Å². The fourth-order valence-corrected chi connectivity index (χ4v) is 1.52. The number of nitrogens with zero attached hydrogens (tertiary/aromatic N) is 1. The summed E-state index contributed by atoms with van der Waals surface area (Å²) in [6.45, 7) is 0.267. The maximum absolute atomic E-state index is 13.3. The van der Waals surface area contributed by atoms with Crippen LogP contribution in [0.5, 0.6) is 5.75 Å². The molecule has 3 N–H and O–H groups in total. The molecular formula is C13H17FN2O4. The Morgan fingerprint density at radius 3 is 2.70 bits per heavy atom. The van der Waals surface area contributed by atoms with Crippen molar-refractivity contribution in [3.8, 4) is 5.75 Å². The molecule has 0 heterocycles. The third-order valence-electron chi connectivity index (χ3n) is 2.61. The first-order valence-corrected chi connectivity index (χ1v) is 6.01. The monoisotopic (exact) mass is 284 g/mol. The van der Waals surface area contributed by atoms with Gasteiger partial charge in [0.2, 0.25) is 5.91 Å². The van der Waals surface area contributed by atoms with Gasteiger partial charge in [-0.15, -0.1) is 0 Å². The van der Waals surface area contributed by atoms with Crippen molar-refractivity contribution in [2.24, 2.45) is 5.73 Å². The number of carboxylic acid groups (broad SMARTS) is 1. The lowest BCUT2D eigenvalue weighted by atomic mass is 10.2. The van der Waals surface area contributed by atoms with Crippen molar-refractivity contribution in [3.05, 3.63) is 30.1 Å². The van der Waals surface area contributed by atoms with Crippen LogP contribution in [0.4, 0.5) is 4.39 Å². The molecule has 0 radical (unpaired) electrons. The van der Waals surface area contributed by atoms with Gasteiger partial charge in [0.15, 0.2) is 11.6 Å². The van der Waals surface area contributed by atoms with Crippen LogP contribution in [0.3, 0.4) is 0 Å². The Balaban J connectivity index is 2.40. The average molecular weight is 284 g/mol. The number of carbonyl (C=O) groups is 2. The Morgan fingerprint density at radius 2 is 2.10 bits per heavy atom. The maximum Gasteiger partial charge on any atom is 0.305 e. The van der Waals surface area contributed by atoms with E-state index in [9.17, 15) is 14.0 Å². The molecule has 0 aromatic heterocycles. The third-order valence-corrected chi connectivity index (χ3v) is 2.61. The number of likely N-dealkylation sites (N-methyl/N-ethyl adjacent to an activating group) is 1. The maximum atomic E-state index is 13.3. The number of para-hydroxylation sites is 1. The topological polar surface area (TPSA) is 92.9 Å². The normalized spacial score (nSPS) is 11.8. The minimum Gasteiger partial charge on any atom is -0.489 e. The van der Waals surface area contributed by atoms with Gasteiger partial charge in [0.1, 0.15) is 6.61 Å². The van der Waals surface area contributed by atoms with E-state index >= 15 is 0 Å². The lowest BCUT2D eigenvalue weighted by Gasteiger charge is -2.20. The summed E-state index contributed by atoms with van der Waals surface area (Å²) in [5.74, 6) is -2.02. The van der Waals surface area contributed by atoms with Crippen LogP contribution in [-0.4, -0.2) is 48.1 Å². The van der Waals surface area contributed by atoms with Gasteiger partial charge in [-0.1, -0.05) is 12.1 Å². The summed E-state index contributed by atoms with van der Waals surface area (Å²) in [5.41, 5.74) is 5.45. The average Bonchev–Trinajstić information content (AvgIpc) is 2.39. The minimum absolute atomic E-state index is 0.0863. The van der Waals surface area contributed by atoms with Gasteiger partial charge in [0.05, 0.1) is 19.0 Å². The van der Waals surface area contributed by atoms with Crippen LogP contribution >= 0.6 is 0 Å². The second-order valence-corrected chi connectivity index (χ2v) is 4.24. The van der Waals surface area contributed by atoms with Gasteiger partial charge in [0, 0.05) is 7.05 Å². The number of aliphatic carboxylic acids is 1. The lowest BCUT2D eigenvalue weighted by Crippen LogP contribution is -2.44. The number of carbonyl (C=O) groups excluding carboxylic acids is 1. The summed E-state index contributed by atoms with van der Waals surface area (Å²) < 4.78 is 18.4. The molecule has 0 aliphatic heterocycles. The highest BCUT2D eigenvalue weighted by Gasteiger charge is 2.20. The molecule has 0 bridgehead atoms. The van der Waals surface area contributed by atoms with Gasteiger partial charge in [-0.05, 0) is 12.1 Å². The summed E-state index contributed by atoms with van der Waals surface area (Å²) in [6.07, 6.45) is -0.433. The van der Waals surface area contributed by atoms with Gasteiger partial charge in [-0.3, -0.25) is 9.59 Å². The van der Waals surface area contributed by atoms with Crippen molar-refractivity contribution in [2.45, 2.75) is 12.5 Å². The van der Waals surface area contributed by atoms with Crippen LogP contribution in [0.2, 0.25) is 0 Å². The Bertz CT molecular complexity index is 481. The number of rotatable bonds is 7. The van der Waals surface area contributed by atoms with Gasteiger partial charge in [-0.25, -0.2) is 4.39 Å². The van der Waals surface area contributed by atoms with Crippen molar-refractivity contribution in [3.63, 3.8) is 0 Å². The first-order chi connectivity index (χ1) is 9.41. The smallest absolute Gasteiger partial charge is 0.305 e. The number of carboxylic acids is 1. The van der Waals surface area contributed by atoms with Crippen molar-refractivity contribution in [1.29, 1.82) is 0 Å². The van der Waals surface area contributed by atoms with E-state index in [0.717, 1.165) is 0 Å². The lowest BCUT2D eigenvalue weighted by molar-refractivity contribution is -0.141. The van der Waals surface area contributed by atoms with Gasteiger partial charge in [0.25, 0.3) is 0 Å². The first kappa shape index (κ1) is 15.9. The van der Waals surface area contributed by atoms with Crippen molar-refractivity contribution < 1.29 is 23.8 Å². The van der Waals surface area contributed by atoms with E-state index < -0.39 is 30.2 Å². The summed E-state index contributed by atoms with van der Waals surface area (Å²) in [6, 6.07) is 4.84. The van der Waals surface area contributed by atoms with Gasteiger partial charge >= 0.3 is 5.97 Å². The number of benzene rings is 1. The van der Waals surface area contributed by atoms with E-state index in [1.165, 1.54) is 24.1 Å². The summed E-state index contributed by atoms with van der Waals surface area (Å²) >= 11 is 0. The highest BCUT2D eigenvalue weighted by atomic mass is 19.1. The van der Waals surface area contributed by atoms with E-state index in [-0.39, 0.29) is 18.9 Å². The zero-order valence-electron chi connectivity index (χ0n) is 11.1. The second-order valence-electron chi connectivity index (χ2n) is 4.24. The van der Waals surface area contributed by atoms with Crippen molar-refractivity contribution in [1.82, 2.24) is 4.90 Å². The summed E-state index contributed by atoms with van der Waals surface area (Å²) in [7, 11) is 1.48. The molecular weight excluding hydrogens is 267 g/mol. The Kier molecular flexibility index (Phi) is 5.92. The van der Waals surface area contributed by atoms with Crippen molar-refractivity contribution >= 4 is 11.9 Å². The molecule has 0 fully saturated rings. The molecule has 0 saturated heterocycles. The van der Waals surface area contributed by atoms with Gasteiger partial charge in [-0.2, -0.15) is 0 Å². The first-order valence-electron chi connectivity index (χ1n) is 6.01. The van der Waals surface area contributed by atoms with Crippen LogP contribution in [0.25, 0.3) is 0 Å². The molecule has 1 atom stereocenters. The number of hydrogen-bond acceptors (Lipinski definition) is 4. The van der Waals surface area contributed by atoms with Crippen LogP contribution in [0, 0.1) is 5.82 Å². The Morgan fingerprint density at radius 1 is 1.45 bits per heavy atom. The molecule has 0 spiro atoms. The molecule has 0 saturated carbocycles. The van der Waals surface area contributed by atoms with E-state index in [4.69, 9.17) is 15.6 Å². The van der Waals surface area contributed by atoms with E-state index in [2.05, 4.69) is 0 Å². The molecule has 7 heteroatoms. The quantitative estimate of drug-likeness (QED) is 0.759. The molecule has 6 nitrogen and oxygen atoms in total. The third kappa shape index (κ3) is 4.85. The molecule has 1 rings (SSSR count). The second kappa shape index (κ2) is 7.44. The number of amides is 1. The molecule has 1 aromatic rings. The fraction of sp³-hybridized carbons (Fsp3) is 0.385. The predicted octanol–water partition coefficient (Wildman–Crippen LogP) is 0.465.